The molecule has 5 rings (SSSR count). The van der Waals surface area contributed by atoms with Gasteiger partial charge in [-0.1, -0.05) is 6.08 Å². The molecule has 2 aliphatic rings. The Morgan fingerprint density at radius 3 is 3.07 bits per heavy atom. The van der Waals surface area contributed by atoms with E-state index in [1.54, 1.807) is 6.33 Å². The molecule has 1 unspecified atom stereocenters. The minimum Gasteiger partial charge on any atom is -0.360 e. The van der Waals surface area contributed by atoms with Gasteiger partial charge < -0.3 is 14.5 Å². The van der Waals surface area contributed by atoms with E-state index in [1.807, 2.05) is 21.7 Å². The summed E-state index contributed by atoms with van der Waals surface area (Å²) >= 11 is 0. The number of aromatic amines is 1. The number of rotatable bonds is 2. The highest BCUT2D eigenvalue weighted by molar-refractivity contribution is 5.93. The lowest BCUT2D eigenvalue weighted by Gasteiger charge is -2.31. The van der Waals surface area contributed by atoms with Gasteiger partial charge in [-0.05, 0) is 36.6 Å². The van der Waals surface area contributed by atoms with E-state index in [4.69, 9.17) is 0 Å². The summed E-state index contributed by atoms with van der Waals surface area (Å²) in [6.45, 7) is 2.00. The number of hydrogen-bond donors (Lipinski definition) is 1. The van der Waals surface area contributed by atoms with E-state index < -0.39 is 0 Å². The van der Waals surface area contributed by atoms with Crippen LogP contribution >= 0.6 is 0 Å². The zero-order chi connectivity index (χ0) is 18.4. The topological polar surface area (TPSA) is 66.8 Å². The fourth-order valence-electron chi connectivity index (χ4n) is 4.19. The van der Waals surface area contributed by atoms with Gasteiger partial charge >= 0.3 is 0 Å². The number of hydrogen-bond acceptors (Lipinski definition) is 3. The molecular formula is C20H20FN5O. The van der Waals surface area contributed by atoms with E-state index >= 15 is 0 Å². The lowest BCUT2D eigenvalue weighted by molar-refractivity contribution is -0.136. The summed E-state index contributed by atoms with van der Waals surface area (Å²) in [7, 11) is 0. The van der Waals surface area contributed by atoms with E-state index in [1.165, 1.54) is 17.7 Å². The lowest BCUT2D eigenvalue weighted by atomic mass is 9.95. The number of amides is 1. The molecule has 6 nitrogen and oxygen atoms in total. The summed E-state index contributed by atoms with van der Waals surface area (Å²) in [4.78, 5) is 18.0. The third-order valence-corrected chi connectivity index (χ3v) is 5.69. The number of carbonyl (C=O) groups is 1. The number of aromatic nitrogens is 4. The fourth-order valence-corrected chi connectivity index (χ4v) is 4.19. The average Bonchev–Trinajstić information content (AvgIpc) is 3.33. The van der Waals surface area contributed by atoms with Crippen molar-refractivity contribution in [3.05, 3.63) is 54.0 Å². The van der Waals surface area contributed by atoms with Crippen molar-refractivity contribution in [3.8, 4) is 0 Å². The minimum atomic E-state index is -0.242. The second-order valence-electron chi connectivity index (χ2n) is 7.29. The average molecular weight is 365 g/mol. The van der Waals surface area contributed by atoms with E-state index in [-0.39, 0.29) is 17.6 Å². The molecule has 1 aromatic carbocycles. The molecule has 4 heterocycles. The summed E-state index contributed by atoms with van der Waals surface area (Å²) in [5.41, 5.74) is 3.11. The maximum atomic E-state index is 13.4. The van der Waals surface area contributed by atoms with Crippen LogP contribution in [-0.4, -0.2) is 43.6 Å². The Balaban J connectivity index is 1.31. The fraction of sp³-hybridized carbons (Fsp3) is 0.350. The summed E-state index contributed by atoms with van der Waals surface area (Å²) in [5, 5.41) is 9.04. The molecule has 1 amide bonds. The number of H-pyrrole nitrogens is 1. The van der Waals surface area contributed by atoms with Crippen LogP contribution in [0.3, 0.4) is 0 Å². The number of fused-ring (bicyclic) bond motifs is 2. The van der Waals surface area contributed by atoms with Crippen LogP contribution in [-0.2, 0) is 17.8 Å². The monoisotopic (exact) mass is 365 g/mol. The van der Waals surface area contributed by atoms with Crippen LogP contribution < -0.4 is 0 Å². The quantitative estimate of drug-likeness (QED) is 0.759. The van der Waals surface area contributed by atoms with Gasteiger partial charge in [-0.3, -0.25) is 4.79 Å². The largest absolute Gasteiger partial charge is 0.360 e. The van der Waals surface area contributed by atoms with Gasteiger partial charge in [0.15, 0.2) is 0 Å². The van der Waals surface area contributed by atoms with Gasteiger partial charge in [0.1, 0.15) is 18.0 Å². The molecule has 0 fully saturated rings. The van der Waals surface area contributed by atoms with Gasteiger partial charge in [0.2, 0.25) is 5.91 Å². The molecule has 1 atom stereocenters. The molecule has 0 aliphatic carbocycles. The van der Waals surface area contributed by atoms with Crippen LogP contribution in [0.4, 0.5) is 4.39 Å². The Kier molecular flexibility index (Phi) is 3.81. The van der Waals surface area contributed by atoms with E-state index in [0.29, 0.717) is 19.6 Å². The summed E-state index contributed by atoms with van der Waals surface area (Å²) in [6, 6.07) is 4.81. The Hall–Kier alpha value is -2.96. The first-order valence-electron chi connectivity index (χ1n) is 9.30. The van der Waals surface area contributed by atoms with Crippen molar-refractivity contribution >= 4 is 22.4 Å². The van der Waals surface area contributed by atoms with Crippen LogP contribution in [0, 0.1) is 11.7 Å². The van der Waals surface area contributed by atoms with Crippen LogP contribution in [0.25, 0.3) is 16.5 Å². The number of nitrogens with zero attached hydrogens (tertiary/aromatic N) is 4. The number of benzene rings is 1. The van der Waals surface area contributed by atoms with Crippen LogP contribution in [0.5, 0.6) is 0 Å². The second kappa shape index (κ2) is 6.33. The third-order valence-electron chi connectivity index (χ3n) is 5.69. The SMILES string of the molecule is O=C(C1CCc2nncn2C1)N1CC=C(c2c[nH]c3cc(F)ccc23)CC1. The predicted molar refractivity (Wildman–Crippen MR) is 99.3 cm³/mol. The minimum absolute atomic E-state index is 0.000450. The van der Waals surface area contributed by atoms with Crippen molar-refractivity contribution in [3.63, 3.8) is 0 Å². The molecule has 3 aromatic rings. The molecule has 0 bridgehead atoms. The standard InChI is InChI=1S/C20H20FN5O/c21-15-2-3-16-17(10-22-18(16)9-15)13-5-7-25(8-6-13)20(27)14-1-4-19-24-23-12-26(19)11-14/h2-3,5,9-10,12,14,22H,1,4,6-8,11H2. The van der Waals surface area contributed by atoms with Crippen molar-refractivity contribution in [1.29, 1.82) is 0 Å². The van der Waals surface area contributed by atoms with E-state index in [9.17, 15) is 9.18 Å². The Labute approximate surface area is 155 Å². The molecule has 2 aromatic heterocycles. The summed E-state index contributed by atoms with van der Waals surface area (Å²) < 4.78 is 15.4. The lowest BCUT2D eigenvalue weighted by Crippen LogP contribution is -2.41. The maximum absolute atomic E-state index is 13.4. The van der Waals surface area contributed by atoms with Crippen LogP contribution in [0.1, 0.15) is 24.2 Å². The maximum Gasteiger partial charge on any atom is 0.227 e. The molecule has 2 aliphatic heterocycles. The highest BCUT2D eigenvalue weighted by Crippen LogP contribution is 2.30. The normalized spacial score (nSPS) is 19.8. The molecule has 0 saturated carbocycles. The Morgan fingerprint density at radius 1 is 1.30 bits per heavy atom. The predicted octanol–water partition coefficient (Wildman–Crippen LogP) is 2.78. The third kappa shape index (κ3) is 2.83. The molecule has 1 N–H and O–H groups in total. The molecule has 7 heteroatoms. The van der Waals surface area contributed by atoms with Crippen LogP contribution in [0.15, 0.2) is 36.8 Å². The Morgan fingerprint density at radius 2 is 2.22 bits per heavy atom. The van der Waals surface area contributed by atoms with Crippen LogP contribution in [0.2, 0.25) is 0 Å². The molecular weight excluding hydrogens is 345 g/mol. The molecule has 27 heavy (non-hydrogen) atoms. The zero-order valence-corrected chi connectivity index (χ0v) is 14.9. The molecule has 0 saturated heterocycles. The van der Waals surface area contributed by atoms with Gasteiger partial charge in [0, 0.05) is 48.7 Å². The first-order valence-corrected chi connectivity index (χ1v) is 9.30. The molecule has 0 spiro atoms. The van der Waals surface area contributed by atoms with Gasteiger partial charge in [0.05, 0.1) is 5.92 Å². The first kappa shape index (κ1) is 16.2. The number of halogens is 1. The van der Waals surface area contributed by atoms with Crippen molar-refractivity contribution in [2.24, 2.45) is 5.92 Å². The van der Waals surface area contributed by atoms with Crippen molar-refractivity contribution < 1.29 is 9.18 Å². The second-order valence-corrected chi connectivity index (χ2v) is 7.29. The zero-order valence-electron chi connectivity index (χ0n) is 14.9. The molecule has 0 radical (unpaired) electrons. The summed E-state index contributed by atoms with van der Waals surface area (Å²) in [5.74, 6) is 0.940. The molecule has 138 valence electrons. The van der Waals surface area contributed by atoms with E-state index in [0.717, 1.165) is 41.6 Å². The van der Waals surface area contributed by atoms with Crippen molar-refractivity contribution in [1.82, 2.24) is 24.6 Å². The Bertz CT molecular complexity index is 1050. The van der Waals surface area contributed by atoms with Gasteiger partial charge in [-0.25, -0.2) is 4.39 Å². The van der Waals surface area contributed by atoms with Crippen molar-refractivity contribution in [2.45, 2.75) is 25.8 Å². The first-order chi connectivity index (χ1) is 13.2. The van der Waals surface area contributed by atoms with Crippen molar-refractivity contribution in [2.75, 3.05) is 13.1 Å². The number of carbonyl (C=O) groups excluding carboxylic acids is 1. The smallest absolute Gasteiger partial charge is 0.227 e. The van der Waals surface area contributed by atoms with E-state index in [2.05, 4.69) is 21.3 Å². The number of aryl methyl sites for hydroxylation is 1. The summed E-state index contributed by atoms with van der Waals surface area (Å²) in [6.07, 6.45) is 8.21. The van der Waals surface area contributed by atoms with Gasteiger partial charge in [-0.2, -0.15) is 0 Å². The number of nitrogens with one attached hydrogen (secondary N) is 1. The van der Waals surface area contributed by atoms with Gasteiger partial charge in [-0.15, -0.1) is 10.2 Å². The van der Waals surface area contributed by atoms with Gasteiger partial charge in [0.25, 0.3) is 0 Å². The highest BCUT2D eigenvalue weighted by atomic mass is 19.1. The highest BCUT2D eigenvalue weighted by Gasteiger charge is 2.30.